The number of pyridine rings is 1. The molecule has 3 aromatic heterocycles. The first-order valence-electron chi connectivity index (χ1n) is 8.32. The summed E-state index contributed by atoms with van der Waals surface area (Å²) in [5.41, 5.74) is 7.40. The van der Waals surface area contributed by atoms with E-state index in [4.69, 9.17) is 0 Å². The van der Waals surface area contributed by atoms with Crippen LogP contribution < -0.4 is 0 Å². The van der Waals surface area contributed by atoms with E-state index < -0.39 is 0 Å². The minimum absolute atomic E-state index is 0.858. The summed E-state index contributed by atoms with van der Waals surface area (Å²) in [6, 6.07) is 23.1. The summed E-state index contributed by atoms with van der Waals surface area (Å²) in [4.78, 5) is 7.94. The number of rotatable bonds is 3. The maximum absolute atomic E-state index is 4.45. The van der Waals surface area contributed by atoms with Gasteiger partial charge < -0.3 is 4.98 Å². The first kappa shape index (κ1) is 14.0. The van der Waals surface area contributed by atoms with Crippen LogP contribution in [0.2, 0.25) is 0 Å². The predicted octanol–water partition coefficient (Wildman–Crippen LogP) is 4.70. The molecule has 0 aliphatic heterocycles. The Balaban J connectivity index is 1.55. The van der Waals surface area contributed by atoms with Crippen LogP contribution in [0.3, 0.4) is 0 Å². The molecule has 0 saturated carbocycles. The molecule has 2 aromatic carbocycles. The third-order valence-corrected chi connectivity index (χ3v) is 4.51. The summed E-state index contributed by atoms with van der Waals surface area (Å²) >= 11 is 0. The summed E-state index contributed by atoms with van der Waals surface area (Å²) in [5, 5.41) is 8.65. The first-order valence-corrected chi connectivity index (χ1v) is 8.32. The van der Waals surface area contributed by atoms with Crippen LogP contribution >= 0.6 is 0 Å². The highest BCUT2D eigenvalue weighted by Gasteiger charge is 2.12. The molecule has 25 heavy (non-hydrogen) atoms. The molecule has 0 atom stereocenters. The first-order chi connectivity index (χ1) is 12.4. The number of aromatic amines is 2. The van der Waals surface area contributed by atoms with Gasteiger partial charge in [-0.1, -0.05) is 42.5 Å². The van der Waals surface area contributed by atoms with E-state index in [-0.39, 0.29) is 0 Å². The van der Waals surface area contributed by atoms with Crippen LogP contribution in [0.4, 0.5) is 0 Å². The molecule has 5 aromatic rings. The van der Waals surface area contributed by atoms with E-state index in [1.165, 1.54) is 16.5 Å². The van der Waals surface area contributed by atoms with Crippen molar-refractivity contribution in [2.24, 2.45) is 0 Å². The van der Waals surface area contributed by atoms with Gasteiger partial charge in [0.1, 0.15) is 11.2 Å². The van der Waals surface area contributed by atoms with Crippen molar-refractivity contribution in [3.63, 3.8) is 0 Å². The molecule has 0 aliphatic carbocycles. The minimum Gasteiger partial charge on any atom is -0.353 e. The SMILES string of the molecule is c1ccc(Cc2ccc3cc(-c4n[nH]c5cccnc45)[nH]c3c2)cc1. The lowest BCUT2D eigenvalue weighted by Gasteiger charge is -2.02. The summed E-state index contributed by atoms with van der Waals surface area (Å²) < 4.78 is 0. The molecule has 0 amide bonds. The van der Waals surface area contributed by atoms with E-state index in [1.54, 1.807) is 6.20 Å². The number of fused-ring (bicyclic) bond motifs is 2. The number of nitrogens with zero attached hydrogens (tertiary/aromatic N) is 2. The maximum Gasteiger partial charge on any atom is 0.135 e. The number of nitrogens with one attached hydrogen (secondary N) is 2. The van der Waals surface area contributed by atoms with Gasteiger partial charge in [0, 0.05) is 17.1 Å². The van der Waals surface area contributed by atoms with Gasteiger partial charge in [0.05, 0.1) is 11.2 Å². The van der Waals surface area contributed by atoms with Crippen molar-refractivity contribution in [2.45, 2.75) is 6.42 Å². The normalized spacial score (nSPS) is 11.4. The molecule has 0 saturated heterocycles. The standard InChI is InChI=1S/C21H16N4/c1-2-5-14(6-3-1)11-15-8-9-16-13-19(23-18(16)12-15)21-20-17(24-25-21)7-4-10-22-20/h1-10,12-13,23H,11H2,(H,24,25). The number of H-pyrrole nitrogens is 2. The quantitative estimate of drug-likeness (QED) is 0.505. The fourth-order valence-corrected chi connectivity index (χ4v) is 3.28. The largest absolute Gasteiger partial charge is 0.353 e. The Morgan fingerprint density at radius 1 is 0.800 bits per heavy atom. The number of aromatic nitrogens is 4. The highest BCUT2D eigenvalue weighted by atomic mass is 15.1. The van der Waals surface area contributed by atoms with Gasteiger partial charge in [-0.05, 0) is 41.8 Å². The van der Waals surface area contributed by atoms with Gasteiger partial charge >= 0.3 is 0 Å². The van der Waals surface area contributed by atoms with Crippen LogP contribution in [0, 0.1) is 0 Å². The predicted molar refractivity (Wildman–Crippen MR) is 100 cm³/mol. The Morgan fingerprint density at radius 3 is 2.64 bits per heavy atom. The van der Waals surface area contributed by atoms with Crippen molar-refractivity contribution < 1.29 is 0 Å². The van der Waals surface area contributed by atoms with Crippen molar-refractivity contribution in [1.29, 1.82) is 0 Å². The summed E-state index contributed by atoms with van der Waals surface area (Å²) in [7, 11) is 0. The second kappa shape index (κ2) is 5.60. The average molecular weight is 324 g/mol. The Kier molecular flexibility index (Phi) is 3.13. The molecule has 0 spiro atoms. The molecule has 0 bridgehead atoms. The van der Waals surface area contributed by atoms with Gasteiger partial charge in [-0.2, -0.15) is 5.10 Å². The van der Waals surface area contributed by atoms with E-state index in [1.807, 2.05) is 18.2 Å². The average Bonchev–Trinajstić information content (AvgIpc) is 3.26. The van der Waals surface area contributed by atoms with Gasteiger partial charge in [0.15, 0.2) is 0 Å². The van der Waals surface area contributed by atoms with E-state index in [2.05, 4.69) is 68.7 Å². The van der Waals surface area contributed by atoms with Crippen molar-refractivity contribution in [1.82, 2.24) is 20.2 Å². The van der Waals surface area contributed by atoms with Crippen molar-refractivity contribution in [3.05, 3.63) is 84.1 Å². The number of benzene rings is 2. The van der Waals surface area contributed by atoms with E-state index in [9.17, 15) is 0 Å². The molecule has 0 unspecified atom stereocenters. The van der Waals surface area contributed by atoms with E-state index >= 15 is 0 Å². The second-order valence-corrected chi connectivity index (χ2v) is 6.24. The minimum atomic E-state index is 0.858. The van der Waals surface area contributed by atoms with Gasteiger partial charge in [-0.3, -0.25) is 10.1 Å². The molecular weight excluding hydrogens is 308 g/mol. The Morgan fingerprint density at radius 2 is 1.72 bits per heavy atom. The van der Waals surface area contributed by atoms with Gasteiger partial charge in [0.2, 0.25) is 0 Å². The molecule has 4 heteroatoms. The van der Waals surface area contributed by atoms with Crippen molar-refractivity contribution in [3.8, 4) is 11.4 Å². The Labute approximate surface area is 144 Å². The summed E-state index contributed by atoms with van der Waals surface area (Å²) in [5.74, 6) is 0. The Hall–Kier alpha value is -3.40. The Bertz CT molecular complexity index is 1170. The lowest BCUT2D eigenvalue weighted by Crippen LogP contribution is -1.87. The van der Waals surface area contributed by atoms with Crippen LogP contribution in [0.5, 0.6) is 0 Å². The fraction of sp³-hybridized carbons (Fsp3) is 0.0476. The molecule has 0 fully saturated rings. The van der Waals surface area contributed by atoms with Crippen molar-refractivity contribution >= 4 is 21.9 Å². The van der Waals surface area contributed by atoms with Crippen LogP contribution in [-0.2, 0) is 6.42 Å². The smallest absolute Gasteiger partial charge is 0.135 e. The summed E-state index contributed by atoms with van der Waals surface area (Å²) in [6.07, 6.45) is 2.72. The molecule has 3 heterocycles. The molecule has 4 nitrogen and oxygen atoms in total. The highest BCUT2D eigenvalue weighted by Crippen LogP contribution is 2.28. The van der Waals surface area contributed by atoms with Crippen LogP contribution in [0.25, 0.3) is 33.3 Å². The zero-order valence-corrected chi connectivity index (χ0v) is 13.5. The number of hydrogen-bond acceptors (Lipinski definition) is 2. The third kappa shape index (κ3) is 2.48. The molecule has 120 valence electrons. The second-order valence-electron chi connectivity index (χ2n) is 6.24. The van der Waals surface area contributed by atoms with Crippen LogP contribution in [-0.4, -0.2) is 20.2 Å². The van der Waals surface area contributed by atoms with Crippen LogP contribution in [0.15, 0.2) is 72.9 Å². The lowest BCUT2D eigenvalue weighted by atomic mass is 10.0. The summed E-state index contributed by atoms with van der Waals surface area (Å²) in [6.45, 7) is 0. The zero-order chi connectivity index (χ0) is 16.6. The zero-order valence-electron chi connectivity index (χ0n) is 13.5. The van der Waals surface area contributed by atoms with Gasteiger partial charge in [-0.25, -0.2) is 0 Å². The van der Waals surface area contributed by atoms with Gasteiger partial charge in [-0.15, -0.1) is 0 Å². The third-order valence-electron chi connectivity index (χ3n) is 4.51. The maximum atomic E-state index is 4.45. The van der Waals surface area contributed by atoms with Gasteiger partial charge in [0.25, 0.3) is 0 Å². The molecule has 0 radical (unpaired) electrons. The monoisotopic (exact) mass is 324 g/mol. The molecule has 5 rings (SSSR count). The van der Waals surface area contributed by atoms with Crippen molar-refractivity contribution in [2.75, 3.05) is 0 Å². The van der Waals surface area contributed by atoms with Crippen LogP contribution in [0.1, 0.15) is 11.1 Å². The lowest BCUT2D eigenvalue weighted by molar-refractivity contribution is 1.12. The fourth-order valence-electron chi connectivity index (χ4n) is 3.28. The number of hydrogen-bond donors (Lipinski definition) is 2. The van der Waals surface area contributed by atoms with E-state index in [0.29, 0.717) is 0 Å². The molecular formula is C21H16N4. The topological polar surface area (TPSA) is 57.4 Å². The molecule has 0 aliphatic rings. The van der Waals surface area contributed by atoms with E-state index in [0.717, 1.165) is 34.4 Å². The highest BCUT2D eigenvalue weighted by molar-refractivity contribution is 5.93. The molecule has 2 N–H and O–H groups in total.